The van der Waals surface area contributed by atoms with Crippen molar-refractivity contribution in [2.24, 2.45) is 0 Å². The molecule has 0 aliphatic carbocycles. The van der Waals surface area contributed by atoms with E-state index in [0.29, 0.717) is 5.92 Å². The number of hydrogen-bond acceptors (Lipinski definition) is 2. The van der Waals surface area contributed by atoms with Gasteiger partial charge in [-0.25, -0.2) is 0 Å². The van der Waals surface area contributed by atoms with E-state index in [4.69, 9.17) is 0 Å². The predicted octanol–water partition coefficient (Wildman–Crippen LogP) is 2.52. The summed E-state index contributed by atoms with van der Waals surface area (Å²) in [5.41, 5.74) is 0. The molecule has 1 aromatic rings. The van der Waals surface area contributed by atoms with Gasteiger partial charge in [-0.15, -0.1) is 10.2 Å². The van der Waals surface area contributed by atoms with Crippen LogP contribution in [-0.2, 0) is 13.0 Å². The summed E-state index contributed by atoms with van der Waals surface area (Å²) < 4.78 is 2.34. The third kappa shape index (κ3) is 1.81. The van der Waals surface area contributed by atoms with Crippen LogP contribution in [0.3, 0.4) is 0 Å². The van der Waals surface area contributed by atoms with Gasteiger partial charge in [0.1, 0.15) is 11.6 Å². The summed E-state index contributed by atoms with van der Waals surface area (Å²) in [6.45, 7) is 5.50. The van der Waals surface area contributed by atoms with Gasteiger partial charge in [-0.05, 0) is 12.8 Å². The van der Waals surface area contributed by atoms with E-state index in [1.54, 1.807) is 0 Å². The third-order valence-corrected chi connectivity index (χ3v) is 2.90. The van der Waals surface area contributed by atoms with Gasteiger partial charge in [0.2, 0.25) is 0 Å². The van der Waals surface area contributed by atoms with Crippen molar-refractivity contribution in [2.45, 2.75) is 58.4 Å². The standard InChI is InChI=1S/C11H19N3/c1-9(2)11-13-12-10-7-5-3-4-6-8-14(10)11/h9H,3-8H2,1-2H3. The SMILES string of the molecule is CC(C)c1nnc2n1CCCCCC2. The first kappa shape index (κ1) is 9.69. The van der Waals surface area contributed by atoms with E-state index >= 15 is 0 Å². The molecule has 2 heterocycles. The molecule has 0 saturated carbocycles. The van der Waals surface area contributed by atoms with Crippen LogP contribution in [-0.4, -0.2) is 14.8 Å². The predicted molar refractivity (Wildman–Crippen MR) is 56.3 cm³/mol. The van der Waals surface area contributed by atoms with Crippen molar-refractivity contribution in [3.8, 4) is 0 Å². The normalized spacial score (nSPS) is 17.6. The molecule has 0 N–H and O–H groups in total. The molecule has 0 amide bonds. The fourth-order valence-electron chi connectivity index (χ4n) is 2.11. The van der Waals surface area contributed by atoms with Gasteiger partial charge in [0.25, 0.3) is 0 Å². The van der Waals surface area contributed by atoms with Crippen LogP contribution in [0.4, 0.5) is 0 Å². The Kier molecular flexibility index (Phi) is 2.85. The highest BCUT2D eigenvalue weighted by Crippen LogP contribution is 2.18. The van der Waals surface area contributed by atoms with Gasteiger partial charge in [0, 0.05) is 18.9 Å². The summed E-state index contributed by atoms with van der Waals surface area (Å²) in [6.07, 6.45) is 6.37. The minimum absolute atomic E-state index is 0.496. The molecule has 78 valence electrons. The topological polar surface area (TPSA) is 30.7 Å². The minimum Gasteiger partial charge on any atom is -0.315 e. The second-order valence-electron chi connectivity index (χ2n) is 4.44. The zero-order valence-electron chi connectivity index (χ0n) is 9.16. The zero-order chi connectivity index (χ0) is 9.97. The van der Waals surface area contributed by atoms with Crippen LogP contribution in [0.1, 0.15) is 57.1 Å². The Morgan fingerprint density at radius 3 is 2.64 bits per heavy atom. The van der Waals surface area contributed by atoms with Gasteiger partial charge in [0.15, 0.2) is 0 Å². The summed E-state index contributed by atoms with van der Waals surface area (Å²) in [5.74, 6) is 2.87. The third-order valence-electron chi connectivity index (χ3n) is 2.90. The lowest BCUT2D eigenvalue weighted by atomic mass is 10.1. The van der Waals surface area contributed by atoms with Gasteiger partial charge in [-0.2, -0.15) is 0 Å². The van der Waals surface area contributed by atoms with Crippen LogP contribution in [0.15, 0.2) is 0 Å². The Balaban J connectivity index is 2.28. The molecule has 3 heteroatoms. The van der Waals surface area contributed by atoms with Gasteiger partial charge >= 0.3 is 0 Å². The van der Waals surface area contributed by atoms with E-state index in [1.165, 1.54) is 37.3 Å². The molecule has 1 aliphatic rings. The maximum atomic E-state index is 4.29. The summed E-state index contributed by atoms with van der Waals surface area (Å²) in [5, 5.41) is 8.59. The number of fused-ring (bicyclic) bond motifs is 1. The molecule has 0 fully saturated rings. The summed E-state index contributed by atoms with van der Waals surface area (Å²) in [7, 11) is 0. The Hall–Kier alpha value is -0.860. The molecule has 0 unspecified atom stereocenters. The lowest BCUT2D eigenvalue weighted by Gasteiger charge is -2.14. The van der Waals surface area contributed by atoms with Crippen LogP contribution in [0.5, 0.6) is 0 Å². The lowest BCUT2D eigenvalue weighted by molar-refractivity contribution is 0.498. The van der Waals surface area contributed by atoms with Crippen LogP contribution in [0, 0.1) is 0 Å². The van der Waals surface area contributed by atoms with Crippen molar-refractivity contribution >= 4 is 0 Å². The Bertz CT molecular complexity index is 301. The van der Waals surface area contributed by atoms with Crippen LogP contribution >= 0.6 is 0 Å². The van der Waals surface area contributed by atoms with Crippen LogP contribution in [0.2, 0.25) is 0 Å². The molecule has 1 aromatic heterocycles. The van der Waals surface area contributed by atoms with Crippen molar-refractivity contribution in [1.82, 2.24) is 14.8 Å². The van der Waals surface area contributed by atoms with Gasteiger partial charge in [-0.1, -0.05) is 26.7 Å². The van der Waals surface area contributed by atoms with E-state index in [9.17, 15) is 0 Å². The van der Waals surface area contributed by atoms with Gasteiger partial charge in [0.05, 0.1) is 0 Å². The molecular weight excluding hydrogens is 174 g/mol. The van der Waals surface area contributed by atoms with Gasteiger partial charge < -0.3 is 4.57 Å². The number of aryl methyl sites for hydroxylation is 1. The van der Waals surface area contributed by atoms with Crippen molar-refractivity contribution in [3.05, 3.63) is 11.6 Å². The number of aromatic nitrogens is 3. The number of hydrogen-bond donors (Lipinski definition) is 0. The molecule has 3 nitrogen and oxygen atoms in total. The van der Waals surface area contributed by atoms with Crippen molar-refractivity contribution < 1.29 is 0 Å². The number of nitrogens with zero attached hydrogens (tertiary/aromatic N) is 3. The minimum atomic E-state index is 0.496. The monoisotopic (exact) mass is 193 g/mol. The van der Waals surface area contributed by atoms with E-state index in [0.717, 1.165) is 13.0 Å². The largest absolute Gasteiger partial charge is 0.315 e. The quantitative estimate of drug-likeness (QED) is 0.686. The second-order valence-corrected chi connectivity index (χ2v) is 4.44. The van der Waals surface area contributed by atoms with Gasteiger partial charge in [-0.3, -0.25) is 0 Å². The maximum Gasteiger partial charge on any atom is 0.135 e. The highest BCUT2D eigenvalue weighted by atomic mass is 15.3. The first-order valence-electron chi connectivity index (χ1n) is 5.71. The molecule has 0 atom stereocenters. The van der Waals surface area contributed by atoms with E-state index < -0.39 is 0 Å². The average Bonchev–Trinajstić information content (AvgIpc) is 2.47. The molecule has 0 saturated heterocycles. The van der Waals surface area contributed by atoms with Crippen LogP contribution < -0.4 is 0 Å². The smallest absolute Gasteiger partial charge is 0.135 e. The second kappa shape index (κ2) is 4.11. The maximum absolute atomic E-state index is 4.29. The van der Waals surface area contributed by atoms with Crippen molar-refractivity contribution in [1.29, 1.82) is 0 Å². The fraction of sp³-hybridized carbons (Fsp3) is 0.818. The molecule has 1 aliphatic heterocycles. The van der Waals surface area contributed by atoms with E-state index in [2.05, 4.69) is 28.6 Å². The molecule has 0 aromatic carbocycles. The van der Waals surface area contributed by atoms with E-state index in [1.807, 2.05) is 0 Å². The van der Waals surface area contributed by atoms with E-state index in [-0.39, 0.29) is 0 Å². The van der Waals surface area contributed by atoms with Crippen LogP contribution in [0.25, 0.3) is 0 Å². The summed E-state index contributed by atoms with van der Waals surface area (Å²) in [4.78, 5) is 0. The number of rotatable bonds is 1. The Morgan fingerprint density at radius 2 is 1.86 bits per heavy atom. The highest BCUT2D eigenvalue weighted by Gasteiger charge is 2.15. The molecular formula is C11H19N3. The lowest BCUT2D eigenvalue weighted by Crippen LogP contribution is -2.11. The highest BCUT2D eigenvalue weighted by molar-refractivity contribution is 5.00. The Labute approximate surface area is 85.5 Å². The molecule has 14 heavy (non-hydrogen) atoms. The summed E-state index contributed by atoms with van der Waals surface area (Å²) in [6, 6.07) is 0. The molecule has 0 bridgehead atoms. The molecule has 0 radical (unpaired) electrons. The average molecular weight is 193 g/mol. The summed E-state index contributed by atoms with van der Waals surface area (Å²) >= 11 is 0. The molecule has 0 spiro atoms. The first-order chi connectivity index (χ1) is 6.79. The first-order valence-corrected chi connectivity index (χ1v) is 5.71. The Morgan fingerprint density at radius 1 is 1.07 bits per heavy atom. The van der Waals surface area contributed by atoms with Crippen molar-refractivity contribution in [2.75, 3.05) is 0 Å². The van der Waals surface area contributed by atoms with Crippen molar-refractivity contribution in [3.63, 3.8) is 0 Å². The zero-order valence-corrected chi connectivity index (χ0v) is 9.16. The molecule has 2 rings (SSSR count). The fourth-order valence-corrected chi connectivity index (χ4v) is 2.11.